The van der Waals surface area contributed by atoms with Gasteiger partial charge in [-0.05, 0) is 37.0 Å². The van der Waals surface area contributed by atoms with Crippen molar-refractivity contribution < 1.29 is 0 Å². The normalized spacial score (nSPS) is 22.6. The first kappa shape index (κ1) is 10.7. The molecule has 0 spiro atoms. The van der Waals surface area contributed by atoms with Crippen LogP contribution in [-0.2, 0) is 6.54 Å². The van der Waals surface area contributed by atoms with Crippen LogP contribution in [0, 0.1) is 4.77 Å². The van der Waals surface area contributed by atoms with Crippen LogP contribution in [0.4, 0.5) is 0 Å². The van der Waals surface area contributed by atoms with E-state index in [1.807, 2.05) is 0 Å². The van der Waals surface area contributed by atoms with Crippen molar-refractivity contribution in [3.8, 4) is 0 Å². The molecule has 0 aliphatic heterocycles. The van der Waals surface area contributed by atoms with E-state index >= 15 is 0 Å². The molecule has 1 aliphatic rings. The average molecular weight is 245 g/mol. The molecule has 0 bridgehead atoms. The van der Waals surface area contributed by atoms with E-state index in [1.54, 1.807) is 0 Å². The molecule has 2 aromatic rings. The van der Waals surface area contributed by atoms with Gasteiger partial charge in [-0.3, -0.25) is 5.10 Å². The van der Waals surface area contributed by atoms with Crippen LogP contribution in [0.5, 0.6) is 0 Å². The molecule has 3 nitrogen and oxygen atoms in total. The Labute approximate surface area is 105 Å². The Morgan fingerprint density at radius 3 is 2.82 bits per heavy atom. The van der Waals surface area contributed by atoms with Gasteiger partial charge < -0.3 is 4.57 Å². The lowest BCUT2D eigenvalue weighted by Gasteiger charge is -2.02. The molecule has 1 aliphatic carbocycles. The number of nitrogens with zero attached hydrogens (tertiary/aromatic N) is 2. The van der Waals surface area contributed by atoms with E-state index in [1.165, 1.54) is 12.0 Å². The maximum Gasteiger partial charge on any atom is 0.195 e. The summed E-state index contributed by atoms with van der Waals surface area (Å²) in [5, 5.41) is 7.27. The Kier molecular flexibility index (Phi) is 2.59. The first-order valence-corrected chi connectivity index (χ1v) is 6.42. The number of hydrogen-bond donors (Lipinski definition) is 1. The zero-order valence-electron chi connectivity index (χ0n) is 9.76. The molecule has 2 atom stereocenters. The van der Waals surface area contributed by atoms with Crippen molar-refractivity contribution in [2.45, 2.75) is 31.7 Å². The highest BCUT2D eigenvalue weighted by atomic mass is 32.1. The van der Waals surface area contributed by atoms with E-state index in [9.17, 15) is 0 Å². The fraction of sp³-hybridized carbons (Fsp3) is 0.385. The smallest absolute Gasteiger partial charge is 0.195 e. The molecule has 3 rings (SSSR count). The van der Waals surface area contributed by atoms with Crippen LogP contribution in [0.1, 0.15) is 36.6 Å². The van der Waals surface area contributed by atoms with E-state index in [2.05, 4.69) is 52.0 Å². The highest BCUT2D eigenvalue weighted by molar-refractivity contribution is 7.71. The molecule has 17 heavy (non-hydrogen) atoms. The van der Waals surface area contributed by atoms with Gasteiger partial charge in [-0.1, -0.05) is 30.3 Å². The predicted molar refractivity (Wildman–Crippen MR) is 69.6 cm³/mol. The zero-order chi connectivity index (χ0) is 11.8. The van der Waals surface area contributed by atoms with E-state index in [4.69, 9.17) is 12.2 Å². The maximum absolute atomic E-state index is 5.22. The zero-order valence-corrected chi connectivity index (χ0v) is 10.6. The SMILES string of the molecule is CCn1c([C@H]2C[C@H]2c2ccccc2)n[nH]c1=S. The Bertz CT molecular complexity index is 570. The van der Waals surface area contributed by atoms with Crippen molar-refractivity contribution in [3.05, 3.63) is 46.5 Å². The summed E-state index contributed by atoms with van der Waals surface area (Å²) in [4.78, 5) is 0. The van der Waals surface area contributed by atoms with Crippen molar-refractivity contribution in [1.82, 2.24) is 14.8 Å². The van der Waals surface area contributed by atoms with Gasteiger partial charge in [0, 0.05) is 12.5 Å². The maximum atomic E-state index is 5.22. The van der Waals surface area contributed by atoms with E-state index < -0.39 is 0 Å². The summed E-state index contributed by atoms with van der Waals surface area (Å²) >= 11 is 5.22. The number of H-pyrrole nitrogens is 1. The summed E-state index contributed by atoms with van der Waals surface area (Å²) in [6.45, 7) is 3.00. The number of hydrogen-bond acceptors (Lipinski definition) is 2. The number of rotatable bonds is 3. The van der Waals surface area contributed by atoms with Crippen molar-refractivity contribution in [2.24, 2.45) is 0 Å². The van der Waals surface area contributed by atoms with Crippen molar-refractivity contribution in [3.63, 3.8) is 0 Å². The molecule has 0 radical (unpaired) electrons. The lowest BCUT2D eigenvalue weighted by molar-refractivity contribution is 0.687. The van der Waals surface area contributed by atoms with Crippen molar-refractivity contribution >= 4 is 12.2 Å². The van der Waals surface area contributed by atoms with Crippen LogP contribution in [0.3, 0.4) is 0 Å². The highest BCUT2D eigenvalue weighted by Gasteiger charge is 2.42. The second kappa shape index (κ2) is 4.11. The molecule has 1 fully saturated rings. The van der Waals surface area contributed by atoms with Gasteiger partial charge >= 0.3 is 0 Å². The van der Waals surface area contributed by atoms with E-state index in [0.29, 0.717) is 11.8 Å². The second-order valence-electron chi connectivity index (χ2n) is 4.49. The Hall–Kier alpha value is -1.42. The lowest BCUT2D eigenvalue weighted by Crippen LogP contribution is -2.01. The van der Waals surface area contributed by atoms with Crippen LogP contribution in [0.2, 0.25) is 0 Å². The van der Waals surface area contributed by atoms with Crippen LogP contribution in [-0.4, -0.2) is 14.8 Å². The molecule has 0 saturated heterocycles. The summed E-state index contributed by atoms with van der Waals surface area (Å²) < 4.78 is 2.84. The standard InChI is InChI=1S/C13H15N3S/c1-2-16-12(14-15-13(16)17)11-8-10(11)9-6-4-3-5-7-9/h3-7,10-11H,2,8H2,1H3,(H,15,17)/t10-,11-/m0/s1. The number of aromatic amines is 1. The Balaban J connectivity index is 1.87. The summed E-state index contributed by atoms with van der Waals surface area (Å²) in [5.41, 5.74) is 1.41. The molecular weight excluding hydrogens is 230 g/mol. The number of aromatic nitrogens is 3. The number of benzene rings is 1. The monoisotopic (exact) mass is 245 g/mol. The minimum Gasteiger partial charge on any atom is -0.304 e. The van der Waals surface area contributed by atoms with Crippen LogP contribution < -0.4 is 0 Å². The fourth-order valence-electron chi connectivity index (χ4n) is 2.47. The third kappa shape index (κ3) is 1.82. The average Bonchev–Trinajstić information content (AvgIpc) is 3.08. The minimum absolute atomic E-state index is 0.533. The minimum atomic E-state index is 0.533. The van der Waals surface area contributed by atoms with Crippen LogP contribution in [0.15, 0.2) is 30.3 Å². The fourth-order valence-corrected chi connectivity index (χ4v) is 2.74. The summed E-state index contributed by atoms with van der Waals surface area (Å²) in [7, 11) is 0. The third-order valence-corrected chi connectivity index (χ3v) is 3.77. The Morgan fingerprint density at radius 1 is 1.35 bits per heavy atom. The topological polar surface area (TPSA) is 33.6 Å². The van der Waals surface area contributed by atoms with Crippen molar-refractivity contribution in [2.75, 3.05) is 0 Å². The van der Waals surface area contributed by atoms with Crippen LogP contribution >= 0.6 is 12.2 Å². The molecule has 1 heterocycles. The lowest BCUT2D eigenvalue weighted by atomic mass is 10.1. The first-order valence-electron chi connectivity index (χ1n) is 6.01. The summed E-state index contributed by atoms with van der Waals surface area (Å²) in [6.07, 6.45) is 1.18. The quantitative estimate of drug-likeness (QED) is 0.842. The molecule has 0 amide bonds. The first-order chi connectivity index (χ1) is 8.31. The molecule has 1 aromatic carbocycles. The summed E-state index contributed by atoms with van der Waals surface area (Å²) in [6, 6.07) is 10.6. The van der Waals surface area contributed by atoms with Gasteiger partial charge in [0.05, 0.1) is 0 Å². The predicted octanol–water partition coefficient (Wildman–Crippen LogP) is 3.23. The van der Waals surface area contributed by atoms with E-state index in [0.717, 1.165) is 17.1 Å². The van der Waals surface area contributed by atoms with Gasteiger partial charge in [-0.15, -0.1) is 0 Å². The molecule has 4 heteroatoms. The molecule has 88 valence electrons. The van der Waals surface area contributed by atoms with Crippen LogP contribution in [0.25, 0.3) is 0 Å². The molecule has 1 saturated carbocycles. The van der Waals surface area contributed by atoms with Gasteiger partial charge in [0.25, 0.3) is 0 Å². The molecule has 1 aromatic heterocycles. The highest BCUT2D eigenvalue weighted by Crippen LogP contribution is 2.53. The number of nitrogens with one attached hydrogen (secondary N) is 1. The second-order valence-corrected chi connectivity index (χ2v) is 4.88. The van der Waals surface area contributed by atoms with Gasteiger partial charge in [0.2, 0.25) is 0 Å². The van der Waals surface area contributed by atoms with E-state index in [-0.39, 0.29) is 0 Å². The molecule has 0 unspecified atom stereocenters. The van der Waals surface area contributed by atoms with Gasteiger partial charge in [0.1, 0.15) is 5.82 Å². The Morgan fingerprint density at radius 2 is 2.12 bits per heavy atom. The third-order valence-electron chi connectivity index (χ3n) is 3.45. The van der Waals surface area contributed by atoms with Gasteiger partial charge in [-0.25, -0.2) is 0 Å². The molecule has 1 N–H and O–H groups in total. The van der Waals surface area contributed by atoms with Gasteiger partial charge in [0.15, 0.2) is 4.77 Å². The summed E-state index contributed by atoms with van der Waals surface area (Å²) in [5.74, 6) is 2.27. The largest absolute Gasteiger partial charge is 0.304 e. The van der Waals surface area contributed by atoms with Gasteiger partial charge in [-0.2, -0.15) is 5.10 Å². The molecular formula is C13H15N3S. The van der Waals surface area contributed by atoms with Crippen molar-refractivity contribution in [1.29, 1.82) is 0 Å².